The first-order valence-electron chi connectivity index (χ1n) is 5.01. The van der Waals surface area contributed by atoms with E-state index >= 15 is 0 Å². The number of aromatic nitrogens is 2. The molecule has 0 saturated heterocycles. The highest BCUT2D eigenvalue weighted by Crippen LogP contribution is 2.17. The molecule has 1 rings (SSSR count). The Morgan fingerprint density at radius 3 is 2.56 bits per heavy atom. The first-order chi connectivity index (χ1) is 7.56. The molecule has 1 aromatic heterocycles. The number of hydrogen-bond acceptors (Lipinski definition) is 2. The van der Waals surface area contributed by atoms with E-state index in [1.807, 2.05) is 6.92 Å². The smallest absolute Gasteiger partial charge is 0.272 e. The summed E-state index contributed by atoms with van der Waals surface area (Å²) in [6.07, 6.45) is 2.60. The van der Waals surface area contributed by atoms with E-state index < -0.39 is 0 Å². The topological polar surface area (TPSA) is 46.9 Å². The second-order valence-electron chi connectivity index (χ2n) is 3.73. The van der Waals surface area contributed by atoms with Crippen LogP contribution in [0.2, 0.25) is 0 Å². The van der Waals surface area contributed by atoms with E-state index in [4.69, 9.17) is 0 Å². The Morgan fingerprint density at radius 2 is 2.19 bits per heavy atom. The lowest BCUT2D eigenvalue weighted by molar-refractivity contribution is 0.0909. The number of alkyl halides is 2. The minimum absolute atomic E-state index is 0.138. The maximum absolute atomic E-state index is 11.9. The minimum atomic E-state index is -0.255. The quantitative estimate of drug-likeness (QED) is 0.825. The molecule has 1 amide bonds. The van der Waals surface area contributed by atoms with Gasteiger partial charge in [-0.2, -0.15) is 5.10 Å². The maximum atomic E-state index is 11.9. The fourth-order valence-electron chi connectivity index (χ4n) is 1.22. The van der Waals surface area contributed by atoms with Crippen LogP contribution < -0.4 is 5.32 Å². The molecule has 0 aliphatic rings. The van der Waals surface area contributed by atoms with Gasteiger partial charge in [-0.3, -0.25) is 9.48 Å². The fraction of sp³-hybridized carbons (Fsp3) is 0.600. The molecule has 0 aromatic carbocycles. The van der Waals surface area contributed by atoms with E-state index in [0.29, 0.717) is 16.4 Å². The van der Waals surface area contributed by atoms with Crippen molar-refractivity contribution >= 4 is 37.8 Å². The van der Waals surface area contributed by atoms with Crippen molar-refractivity contribution in [3.8, 4) is 0 Å². The van der Waals surface area contributed by atoms with Gasteiger partial charge in [-0.1, -0.05) is 38.8 Å². The van der Waals surface area contributed by atoms with Crippen LogP contribution in [0, 0.1) is 0 Å². The first-order valence-corrected chi connectivity index (χ1v) is 7.25. The lowest BCUT2D eigenvalue weighted by atomic mass is 10.0. The molecule has 1 heterocycles. The van der Waals surface area contributed by atoms with Crippen LogP contribution in [0.25, 0.3) is 0 Å². The summed E-state index contributed by atoms with van der Waals surface area (Å²) >= 11 is 6.86. The highest BCUT2D eigenvalue weighted by atomic mass is 79.9. The van der Waals surface area contributed by atoms with Crippen LogP contribution in [-0.4, -0.2) is 31.9 Å². The van der Waals surface area contributed by atoms with Crippen molar-refractivity contribution in [2.75, 3.05) is 10.7 Å². The number of nitrogens with one attached hydrogen (secondary N) is 1. The molecule has 0 radical (unpaired) electrons. The average Bonchev–Trinajstić information content (AvgIpc) is 2.73. The summed E-state index contributed by atoms with van der Waals surface area (Å²) in [5.41, 5.74) is 0.191. The van der Waals surface area contributed by atoms with Crippen molar-refractivity contribution < 1.29 is 4.79 Å². The number of hydrogen-bond donors (Lipinski definition) is 1. The van der Waals surface area contributed by atoms with Gasteiger partial charge in [-0.25, -0.2) is 0 Å². The summed E-state index contributed by atoms with van der Waals surface area (Å²) in [4.78, 5) is 11.9. The Balaban J connectivity index is 2.76. The van der Waals surface area contributed by atoms with Crippen LogP contribution in [-0.2, 0) is 7.05 Å². The second-order valence-corrected chi connectivity index (χ2v) is 4.85. The summed E-state index contributed by atoms with van der Waals surface area (Å²) in [5.74, 6) is -0.138. The minimum Gasteiger partial charge on any atom is -0.344 e. The highest BCUT2D eigenvalue weighted by molar-refractivity contribution is 9.09. The number of rotatable bonds is 5. The number of halogens is 2. The van der Waals surface area contributed by atoms with Crippen molar-refractivity contribution in [1.82, 2.24) is 15.1 Å². The molecule has 0 unspecified atom stereocenters. The van der Waals surface area contributed by atoms with Gasteiger partial charge < -0.3 is 5.32 Å². The van der Waals surface area contributed by atoms with Gasteiger partial charge >= 0.3 is 0 Å². The standard InChI is InChI=1S/C10H15Br2N3O/c1-3-10(6-11,7-12)13-9(16)8-4-5-15(2)14-8/h4-5H,3,6-7H2,1-2H3,(H,13,16). The lowest BCUT2D eigenvalue weighted by Gasteiger charge is -2.29. The fourth-order valence-corrected chi connectivity index (χ4v) is 3.22. The predicted octanol–water partition coefficient (Wildman–Crippen LogP) is 2.09. The Kier molecular flexibility index (Phi) is 4.98. The molecule has 0 atom stereocenters. The largest absolute Gasteiger partial charge is 0.344 e. The van der Waals surface area contributed by atoms with Crippen LogP contribution in [0.5, 0.6) is 0 Å². The van der Waals surface area contributed by atoms with Crippen LogP contribution in [0.4, 0.5) is 0 Å². The lowest BCUT2D eigenvalue weighted by Crippen LogP contribution is -2.51. The van der Waals surface area contributed by atoms with E-state index in [-0.39, 0.29) is 11.4 Å². The third kappa shape index (κ3) is 3.07. The molecular weight excluding hydrogens is 338 g/mol. The van der Waals surface area contributed by atoms with Crippen LogP contribution in [0.3, 0.4) is 0 Å². The number of aryl methyl sites for hydroxylation is 1. The van der Waals surface area contributed by atoms with Gasteiger partial charge in [0.15, 0.2) is 0 Å². The molecule has 0 spiro atoms. The maximum Gasteiger partial charge on any atom is 0.272 e. The average molecular weight is 353 g/mol. The molecule has 0 aliphatic carbocycles. The summed E-state index contributed by atoms with van der Waals surface area (Å²) in [5, 5.41) is 8.49. The van der Waals surface area contributed by atoms with Gasteiger partial charge in [0.2, 0.25) is 0 Å². The van der Waals surface area contributed by atoms with Gasteiger partial charge in [0.25, 0.3) is 5.91 Å². The summed E-state index contributed by atoms with van der Waals surface area (Å²) in [7, 11) is 1.79. The van der Waals surface area contributed by atoms with E-state index in [0.717, 1.165) is 6.42 Å². The van der Waals surface area contributed by atoms with E-state index in [2.05, 4.69) is 42.3 Å². The monoisotopic (exact) mass is 351 g/mol. The summed E-state index contributed by atoms with van der Waals surface area (Å²) in [6, 6.07) is 1.71. The molecule has 0 fully saturated rings. The van der Waals surface area contributed by atoms with Gasteiger partial charge in [0.1, 0.15) is 5.69 Å². The van der Waals surface area contributed by atoms with Crippen molar-refractivity contribution in [1.29, 1.82) is 0 Å². The van der Waals surface area contributed by atoms with E-state index in [1.54, 1.807) is 24.0 Å². The number of carbonyl (C=O) groups excluding carboxylic acids is 1. The molecule has 0 aliphatic heterocycles. The Morgan fingerprint density at radius 1 is 1.56 bits per heavy atom. The molecule has 6 heteroatoms. The van der Waals surface area contributed by atoms with Crippen molar-refractivity contribution in [3.05, 3.63) is 18.0 Å². The molecular formula is C10H15Br2N3O. The molecule has 0 saturated carbocycles. The van der Waals surface area contributed by atoms with Crippen molar-refractivity contribution in [2.24, 2.45) is 7.05 Å². The van der Waals surface area contributed by atoms with E-state index in [1.165, 1.54) is 0 Å². The third-order valence-electron chi connectivity index (χ3n) is 2.51. The van der Waals surface area contributed by atoms with Gasteiger partial charge in [0, 0.05) is 23.9 Å². The zero-order valence-electron chi connectivity index (χ0n) is 9.33. The molecule has 90 valence electrons. The Hall–Kier alpha value is -0.360. The number of carbonyl (C=O) groups is 1. The second kappa shape index (κ2) is 5.82. The highest BCUT2D eigenvalue weighted by Gasteiger charge is 2.28. The number of nitrogens with zero attached hydrogens (tertiary/aromatic N) is 2. The zero-order chi connectivity index (χ0) is 12.2. The summed E-state index contributed by atoms with van der Waals surface area (Å²) < 4.78 is 1.62. The van der Waals surface area contributed by atoms with Crippen LogP contribution >= 0.6 is 31.9 Å². The molecule has 4 nitrogen and oxygen atoms in total. The zero-order valence-corrected chi connectivity index (χ0v) is 12.5. The first kappa shape index (κ1) is 13.7. The summed E-state index contributed by atoms with van der Waals surface area (Å²) in [6.45, 7) is 2.04. The van der Waals surface area contributed by atoms with Crippen molar-refractivity contribution in [2.45, 2.75) is 18.9 Å². The molecule has 16 heavy (non-hydrogen) atoms. The van der Waals surface area contributed by atoms with Crippen LogP contribution in [0.15, 0.2) is 12.3 Å². The SMILES string of the molecule is CCC(CBr)(CBr)NC(=O)c1ccn(C)n1. The van der Waals surface area contributed by atoms with Gasteiger partial charge in [0.05, 0.1) is 5.54 Å². The normalized spacial score (nSPS) is 11.5. The Bertz CT molecular complexity index is 352. The molecule has 1 aromatic rings. The van der Waals surface area contributed by atoms with Crippen LogP contribution in [0.1, 0.15) is 23.8 Å². The molecule has 0 bridgehead atoms. The Labute approximate surface area is 112 Å². The van der Waals surface area contributed by atoms with Gasteiger partial charge in [-0.05, 0) is 12.5 Å². The van der Waals surface area contributed by atoms with Gasteiger partial charge in [-0.15, -0.1) is 0 Å². The predicted molar refractivity (Wildman–Crippen MR) is 71.3 cm³/mol. The van der Waals surface area contributed by atoms with E-state index in [9.17, 15) is 4.79 Å². The molecule has 1 N–H and O–H groups in total. The van der Waals surface area contributed by atoms with Crippen molar-refractivity contribution in [3.63, 3.8) is 0 Å². The number of amides is 1. The third-order valence-corrected chi connectivity index (χ3v) is 4.66.